The van der Waals surface area contributed by atoms with Crippen molar-refractivity contribution in [1.29, 1.82) is 0 Å². The van der Waals surface area contributed by atoms with Crippen molar-refractivity contribution in [2.75, 3.05) is 6.61 Å². The van der Waals surface area contributed by atoms with Crippen LogP contribution in [0.25, 0.3) is 33.5 Å². The second-order valence-electron chi connectivity index (χ2n) is 8.02. The van der Waals surface area contributed by atoms with Gasteiger partial charge in [0.1, 0.15) is 29.2 Å². The first-order valence-electron chi connectivity index (χ1n) is 10.9. The molecule has 0 aliphatic rings. The summed E-state index contributed by atoms with van der Waals surface area (Å²) in [5.74, 6) is -0.696. The molecular weight excluding hydrogens is 496 g/mol. The van der Waals surface area contributed by atoms with Crippen LogP contribution in [0.15, 0.2) is 80.7 Å². The van der Waals surface area contributed by atoms with Crippen molar-refractivity contribution in [3.63, 3.8) is 0 Å². The van der Waals surface area contributed by atoms with Crippen molar-refractivity contribution in [3.8, 4) is 34.0 Å². The Bertz CT molecular complexity index is 1640. The molecule has 0 spiro atoms. The topological polar surface area (TPSA) is 98.6 Å². The number of nitrogens with zero attached hydrogens (tertiary/aromatic N) is 2. The van der Waals surface area contributed by atoms with Gasteiger partial charge in [0.05, 0.1) is 29.5 Å². The maximum atomic E-state index is 13.7. The first kappa shape index (κ1) is 24.0. The molecule has 0 bridgehead atoms. The van der Waals surface area contributed by atoms with Crippen molar-refractivity contribution < 1.29 is 36.3 Å². The fraction of sp³-hybridized carbons (Fsp3) is 0.115. The van der Waals surface area contributed by atoms with Crippen molar-refractivity contribution in [2.24, 2.45) is 0 Å². The molecule has 7 nitrogen and oxygen atoms in total. The second kappa shape index (κ2) is 9.41. The molecular formula is C26H16F4N2O5. The number of hydrogen-bond acceptors (Lipinski definition) is 7. The highest BCUT2D eigenvalue weighted by Crippen LogP contribution is 2.32. The number of hydrogen-bond donors (Lipinski definition) is 1. The molecule has 11 heteroatoms. The quantitative estimate of drug-likeness (QED) is 0.279. The Balaban J connectivity index is 1.27. The summed E-state index contributed by atoms with van der Waals surface area (Å²) < 4.78 is 68.8. The Morgan fingerprint density at radius 1 is 0.973 bits per heavy atom. The Labute approximate surface area is 205 Å². The van der Waals surface area contributed by atoms with Gasteiger partial charge in [0.2, 0.25) is 11.7 Å². The fourth-order valence-electron chi connectivity index (χ4n) is 3.65. The van der Waals surface area contributed by atoms with Crippen LogP contribution in [-0.4, -0.2) is 21.9 Å². The van der Waals surface area contributed by atoms with Gasteiger partial charge in [-0.25, -0.2) is 4.39 Å². The molecule has 0 unspecified atom stereocenters. The number of ether oxygens (including phenoxy) is 1. The molecule has 0 saturated carbocycles. The first-order chi connectivity index (χ1) is 17.7. The van der Waals surface area contributed by atoms with Gasteiger partial charge in [0.15, 0.2) is 5.43 Å². The molecule has 0 radical (unpaired) electrons. The average molecular weight is 512 g/mol. The van der Waals surface area contributed by atoms with Gasteiger partial charge in [-0.3, -0.25) is 4.79 Å². The van der Waals surface area contributed by atoms with Gasteiger partial charge >= 0.3 is 6.18 Å². The summed E-state index contributed by atoms with van der Waals surface area (Å²) in [5, 5.41) is 13.4. The molecule has 188 valence electrons. The Kier molecular flexibility index (Phi) is 6.12. The molecule has 37 heavy (non-hydrogen) atoms. The van der Waals surface area contributed by atoms with Gasteiger partial charge in [0.25, 0.3) is 0 Å². The maximum absolute atomic E-state index is 13.7. The van der Waals surface area contributed by atoms with Gasteiger partial charge in [-0.1, -0.05) is 17.3 Å². The largest absolute Gasteiger partial charge is 0.508 e. The molecule has 5 rings (SSSR count). The van der Waals surface area contributed by atoms with Crippen molar-refractivity contribution in [1.82, 2.24) is 10.1 Å². The lowest BCUT2D eigenvalue weighted by Crippen LogP contribution is -2.06. The number of aromatic hydroxyl groups is 1. The third-order valence-electron chi connectivity index (χ3n) is 5.46. The van der Waals surface area contributed by atoms with E-state index in [1.807, 2.05) is 0 Å². The van der Waals surface area contributed by atoms with Crippen LogP contribution in [0.4, 0.5) is 17.6 Å². The SMILES string of the molecule is O=c1c(-c2ccc(O)cc2)coc2cc(OCCc3nc(-c4cc(F)cc(C(F)(F)F)c4)no3)ccc12. The van der Waals surface area contributed by atoms with Gasteiger partial charge in [-0.05, 0) is 48.0 Å². The normalized spacial score (nSPS) is 11.7. The number of fused-ring (bicyclic) bond motifs is 1. The number of halogens is 4. The monoisotopic (exact) mass is 512 g/mol. The highest BCUT2D eigenvalue weighted by atomic mass is 19.4. The van der Waals surface area contributed by atoms with Gasteiger partial charge in [-0.2, -0.15) is 18.2 Å². The zero-order valence-electron chi connectivity index (χ0n) is 18.8. The smallest absolute Gasteiger partial charge is 0.416 e. The van der Waals surface area contributed by atoms with Crippen molar-refractivity contribution in [3.05, 3.63) is 94.4 Å². The standard InChI is InChI=1S/C26H16F4N2O5/c27-17-10-15(9-16(11-17)26(28,29)30)25-31-23(37-32-25)7-8-35-19-5-6-20-22(12-19)36-13-21(24(20)34)14-1-3-18(33)4-2-14/h1-6,9-13,33H,7-8H2. The minimum absolute atomic E-state index is 0.0694. The molecule has 0 aliphatic heterocycles. The number of alkyl halides is 3. The number of benzene rings is 3. The van der Waals surface area contributed by atoms with Crippen LogP contribution in [0.2, 0.25) is 0 Å². The van der Waals surface area contributed by atoms with E-state index in [0.717, 1.165) is 12.1 Å². The van der Waals surface area contributed by atoms with Crippen LogP contribution in [-0.2, 0) is 12.6 Å². The van der Waals surface area contributed by atoms with Crippen LogP contribution < -0.4 is 10.2 Å². The third kappa shape index (κ3) is 5.15. The Morgan fingerprint density at radius 3 is 2.51 bits per heavy atom. The first-order valence-corrected chi connectivity index (χ1v) is 10.9. The van der Waals surface area contributed by atoms with Crippen molar-refractivity contribution >= 4 is 11.0 Å². The van der Waals surface area contributed by atoms with Gasteiger partial charge < -0.3 is 18.8 Å². The summed E-state index contributed by atoms with van der Waals surface area (Å²) in [6.45, 7) is 0.0694. The lowest BCUT2D eigenvalue weighted by Gasteiger charge is -2.07. The molecule has 5 aromatic rings. The van der Waals surface area contributed by atoms with E-state index in [2.05, 4.69) is 10.1 Å². The van der Waals surface area contributed by atoms with Crippen LogP contribution in [0.5, 0.6) is 11.5 Å². The highest BCUT2D eigenvalue weighted by molar-refractivity contribution is 5.82. The average Bonchev–Trinajstić information content (AvgIpc) is 3.33. The molecule has 0 aliphatic carbocycles. The molecule has 0 atom stereocenters. The van der Waals surface area contributed by atoms with Gasteiger partial charge in [-0.15, -0.1) is 0 Å². The molecule has 0 fully saturated rings. The van der Waals surface area contributed by atoms with E-state index in [1.165, 1.54) is 18.4 Å². The van der Waals surface area contributed by atoms with Crippen LogP contribution in [0, 0.1) is 5.82 Å². The number of phenols is 1. The minimum Gasteiger partial charge on any atom is -0.508 e. The summed E-state index contributed by atoms with van der Waals surface area (Å²) in [5.41, 5.74) is -0.330. The van der Waals surface area contributed by atoms with Crippen molar-refractivity contribution in [2.45, 2.75) is 12.6 Å². The molecule has 0 saturated heterocycles. The van der Waals surface area contributed by atoms with Crippen LogP contribution in [0.1, 0.15) is 11.5 Å². The van der Waals surface area contributed by atoms with E-state index in [-0.39, 0.29) is 41.5 Å². The molecule has 3 aromatic carbocycles. The van der Waals surface area contributed by atoms with E-state index in [1.54, 1.807) is 30.3 Å². The van der Waals surface area contributed by atoms with E-state index in [4.69, 9.17) is 13.7 Å². The summed E-state index contributed by atoms with van der Waals surface area (Å²) >= 11 is 0. The Morgan fingerprint density at radius 2 is 1.76 bits per heavy atom. The third-order valence-corrected chi connectivity index (χ3v) is 5.46. The summed E-state index contributed by atoms with van der Waals surface area (Å²) in [6.07, 6.45) is -3.27. The fourth-order valence-corrected chi connectivity index (χ4v) is 3.65. The molecule has 0 amide bonds. The van der Waals surface area contributed by atoms with E-state index < -0.39 is 17.6 Å². The van der Waals surface area contributed by atoms with Crippen LogP contribution >= 0.6 is 0 Å². The summed E-state index contributed by atoms with van der Waals surface area (Å²) in [4.78, 5) is 16.9. The lowest BCUT2D eigenvalue weighted by atomic mass is 10.1. The Hall–Kier alpha value is -4.67. The number of rotatable bonds is 6. The highest BCUT2D eigenvalue weighted by Gasteiger charge is 2.32. The van der Waals surface area contributed by atoms with E-state index in [0.29, 0.717) is 33.9 Å². The molecule has 2 heterocycles. The molecule has 1 N–H and O–H groups in total. The zero-order valence-corrected chi connectivity index (χ0v) is 18.8. The predicted octanol–water partition coefficient (Wildman–Crippen LogP) is 6.00. The maximum Gasteiger partial charge on any atom is 0.416 e. The predicted molar refractivity (Wildman–Crippen MR) is 123 cm³/mol. The molecule has 2 aromatic heterocycles. The minimum atomic E-state index is -4.72. The van der Waals surface area contributed by atoms with E-state index in [9.17, 15) is 27.5 Å². The zero-order chi connectivity index (χ0) is 26.2. The summed E-state index contributed by atoms with van der Waals surface area (Å²) in [6, 6.07) is 12.9. The lowest BCUT2D eigenvalue weighted by molar-refractivity contribution is -0.137. The number of phenolic OH excluding ortho intramolecular Hbond substituents is 1. The van der Waals surface area contributed by atoms with Crippen LogP contribution in [0.3, 0.4) is 0 Å². The number of aromatic nitrogens is 2. The van der Waals surface area contributed by atoms with Gasteiger partial charge in [0, 0.05) is 11.6 Å². The summed E-state index contributed by atoms with van der Waals surface area (Å²) in [7, 11) is 0. The van der Waals surface area contributed by atoms with E-state index >= 15 is 0 Å². The second-order valence-corrected chi connectivity index (χ2v) is 8.02.